The summed E-state index contributed by atoms with van der Waals surface area (Å²) in [6.07, 6.45) is 0.581. The topological polar surface area (TPSA) is 399 Å². The lowest BCUT2D eigenvalue weighted by molar-refractivity contribution is -0.136. The largest absolute Gasteiger partial charge is 0.508 e. The van der Waals surface area contributed by atoms with Crippen LogP contribution in [-0.2, 0) is 52.2 Å². The Morgan fingerprint density at radius 1 is 0.564 bits per heavy atom. The van der Waals surface area contributed by atoms with E-state index in [0.717, 1.165) is 23.0 Å². The first-order chi connectivity index (χ1) is 37.1. The zero-order valence-corrected chi connectivity index (χ0v) is 45.9. The summed E-state index contributed by atoms with van der Waals surface area (Å²) in [6.45, 7) is 6.82. The summed E-state index contributed by atoms with van der Waals surface area (Å²) in [7, 11) is 0. The van der Waals surface area contributed by atoms with Crippen LogP contribution >= 0.6 is 24.0 Å². The Balaban J connectivity index is 1.84. The molecule has 0 spiro atoms. The molecule has 3 aromatic rings. The summed E-state index contributed by atoms with van der Waals surface area (Å²) in [5.41, 5.74) is 18.8. The minimum atomic E-state index is -1.77. The smallest absolute Gasteiger partial charge is 0.246 e. The van der Waals surface area contributed by atoms with Gasteiger partial charge in [0.2, 0.25) is 41.4 Å². The van der Waals surface area contributed by atoms with E-state index in [1.807, 2.05) is 39.8 Å². The number of anilines is 1. The lowest BCUT2D eigenvalue weighted by atomic mass is 10.0. The molecular formula is C52H76N12O12S2. The monoisotopic (exact) mass is 1120 g/mol. The molecule has 0 radical (unpaired) electrons. The van der Waals surface area contributed by atoms with E-state index >= 15 is 0 Å². The summed E-state index contributed by atoms with van der Waals surface area (Å²) < 4.78 is 0.782. The molecular weight excluding hydrogens is 1050 g/mol. The van der Waals surface area contributed by atoms with Gasteiger partial charge in [-0.3, -0.25) is 38.6 Å². The van der Waals surface area contributed by atoms with Crippen molar-refractivity contribution in [3.05, 3.63) is 89.5 Å². The zero-order chi connectivity index (χ0) is 57.9. The number of hydrogen-bond acceptors (Lipinski definition) is 16. The Kier molecular flexibility index (Phi) is 28.4. The van der Waals surface area contributed by atoms with Gasteiger partial charge in [-0.05, 0) is 98.5 Å². The number of phenolic OH excluding ortho intramolecular Hbond substituents is 2. The SMILES string of the molecule is CCN(CC)C(=S)SCc1ccc(NC(=O)[C@@H](CCC(C)C)NC(=O)[C@@H](CO)NC(=O)[C@@H](Cc2ccc(O)cc2)NC(=O)[C@@H](Cc2ccc(O)cc2)NC(=O)[C@@H](CO)NC(=O)[C@@H](CO)NC(=O)[C@H](N)CCCN=C(N)N)cc1. The summed E-state index contributed by atoms with van der Waals surface area (Å²) in [5, 5.41) is 68.2. The normalized spacial score (nSPS) is 13.7. The Morgan fingerprint density at radius 3 is 1.37 bits per heavy atom. The van der Waals surface area contributed by atoms with E-state index < -0.39 is 103 Å². The maximum atomic E-state index is 14.4. The van der Waals surface area contributed by atoms with Crippen molar-refractivity contribution in [1.29, 1.82) is 0 Å². The number of benzene rings is 3. The maximum absolute atomic E-state index is 14.4. The fraction of sp³-hybridized carbons (Fsp3) is 0.481. The van der Waals surface area contributed by atoms with Gasteiger partial charge >= 0.3 is 0 Å². The summed E-state index contributed by atoms with van der Waals surface area (Å²) in [4.78, 5) is 102. The van der Waals surface area contributed by atoms with Crippen molar-refractivity contribution in [3.63, 3.8) is 0 Å². The molecule has 0 saturated carbocycles. The van der Waals surface area contributed by atoms with E-state index in [1.165, 1.54) is 60.3 Å². The van der Waals surface area contributed by atoms with Crippen LogP contribution in [0.5, 0.6) is 11.5 Å². The maximum Gasteiger partial charge on any atom is 0.246 e. The minimum Gasteiger partial charge on any atom is -0.508 e. The minimum absolute atomic E-state index is 0.103. The first kappa shape index (κ1) is 65.2. The van der Waals surface area contributed by atoms with E-state index in [0.29, 0.717) is 35.4 Å². The highest BCUT2D eigenvalue weighted by Gasteiger charge is 2.34. The third kappa shape index (κ3) is 22.9. The van der Waals surface area contributed by atoms with Crippen molar-refractivity contribution in [3.8, 4) is 11.5 Å². The standard InChI is InChI=1S/C52H76N12O12S2/c1-5-64(6-2)52(77)78-29-33-10-16-34(17-11-33)57-45(71)38(22-9-30(3)4)58-48(74)42(27-66)62-47(73)40(25-32-14-20-36(69)21-15-32)59-46(72)39(24-31-12-18-35(68)19-13-31)60-49(75)43(28-67)63-50(76)41(26-65)61-44(70)37(53)8-7-23-56-51(54)55/h10-21,30,37-43,65-69H,5-9,22-29,53H2,1-4H3,(H,57,71)(H,58,74)(H,59,72)(H,60,75)(H,61,70)(H,62,73)(H,63,76)(H4,54,55,56)/t37-,38-,39-,40-,41-,42-,43-/m1/s1. The van der Waals surface area contributed by atoms with E-state index in [1.54, 1.807) is 12.1 Å². The zero-order valence-electron chi connectivity index (χ0n) is 44.3. The number of amides is 7. The highest BCUT2D eigenvalue weighted by Crippen LogP contribution is 2.20. The Morgan fingerprint density at radius 2 is 0.962 bits per heavy atom. The highest BCUT2D eigenvalue weighted by molar-refractivity contribution is 8.22. The van der Waals surface area contributed by atoms with Crippen molar-refractivity contribution in [2.45, 2.75) is 114 Å². The number of nitrogens with one attached hydrogen (secondary N) is 7. The molecule has 0 aliphatic rings. The van der Waals surface area contributed by atoms with Gasteiger partial charge in [0, 0.05) is 43.9 Å². The van der Waals surface area contributed by atoms with Crippen LogP contribution in [0.4, 0.5) is 5.69 Å². The first-order valence-corrected chi connectivity index (χ1v) is 26.8. The van der Waals surface area contributed by atoms with Gasteiger partial charge < -0.3 is 84.9 Å². The average Bonchev–Trinajstić information content (AvgIpc) is 3.41. The molecule has 78 heavy (non-hydrogen) atoms. The number of carbonyl (C=O) groups excluding carboxylic acids is 7. The lowest BCUT2D eigenvalue weighted by Gasteiger charge is -2.27. The molecule has 0 unspecified atom stereocenters. The van der Waals surface area contributed by atoms with Crippen LogP contribution in [0, 0.1) is 5.92 Å². The quantitative estimate of drug-likeness (QED) is 0.0156. The van der Waals surface area contributed by atoms with Crippen molar-refractivity contribution >= 4 is 81.3 Å². The molecule has 0 aliphatic carbocycles. The van der Waals surface area contributed by atoms with Crippen molar-refractivity contribution in [1.82, 2.24) is 36.8 Å². The second kappa shape index (κ2) is 33.9. The number of rotatable bonds is 32. The predicted molar refractivity (Wildman–Crippen MR) is 300 cm³/mol. The molecule has 0 aromatic heterocycles. The van der Waals surface area contributed by atoms with Crippen LogP contribution in [-0.4, -0.2) is 164 Å². The first-order valence-electron chi connectivity index (χ1n) is 25.4. The number of thiocarbonyl (C=S) groups is 1. The van der Waals surface area contributed by atoms with Crippen LogP contribution < -0.4 is 54.4 Å². The number of hydrogen-bond donors (Lipinski definition) is 15. The molecule has 3 rings (SSSR count). The molecule has 0 saturated heterocycles. The van der Waals surface area contributed by atoms with Crippen molar-refractivity contribution < 1.29 is 59.1 Å². The van der Waals surface area contributed by atoms with Crippen LogP contribution in [0.2, 0.25) is 0 Å². The van der Waals surface area contributed by atoms with Gasteiger partial charge in [0.25, 0.3) is 0 Å². The van der Waals surface area contributed by atoms with Crippen LogP contribution in [0.25, 0.3) is 0 Å². The molecule has 3 aromatic carbocycles. The number of phenols is 2. The number of aliphatic hydroxyl groups is 3. The van der Waals surface area contributed by atoms with Crippen LogP contribution in [0.15, 0.2) is 77.8 Å². The second-order valence-corrected chi connectivity index (χ2v) is 20.2. The number of thioether (sulfide) groups is 1. The molecule has 7 atom stereocenters. The number of aliphatic imine (C=N–C) groups is 1. The summed E-state index contributed by atoms with van der Waals surface area (Å²) in [6, 6.07) is 7.94. The Hall–Kier alpha value is -7.10. The van der Waals surface area contributed by atoms with Crippen molar-refractivity contribution in [2.24, 2.45) is 28.1 Å². The van der Waals surface area contributed by atoms with E-state index in [9.17, 15) is 59.1 Å². The second-order valence-electron chi connectivity index (χ2n) is 18.6. The number of carbonyl (C=O) groups is 7. The third-order valence-electron chi connectivity index (χ3n) is 12.0. The number of aliphatic hydroxyl groups excluding tert-OH is 3. The molecule has 24 nitrogen and oxygen atoms in total. The lowest BCUT2D eigenvalue weighted by Crippen LogP contribution is -2.61. The fourth-order valence-electron chi connectivity index (χ4n) is 7.43. The molecule has 0 heterocycles. The molecule has 0 bridgehead atoms. The number of aromatic hydroxyl groups is 2. The van der Waals surface area contributed by atoms with Crippen LogP contribution in [0.3, 0.4) is 0 Å². The van der Waals surface area contributed by atoms with Gasteiger partial charge in [0.05, 0.1) is 25.9 Å². The molecule has 428 valence electrons. The number of nitrogens with zero attached hydrogens (tertiary/aromatic N) is 2. The van der Waals surface area contributed by atoms with Gasteiger partial charge in [-0.1, -0.05) is 74.2 Å². The molecule has 0 aliphatic heterocycles. The summed E-state index contributed by atoms with van der Waals surface area (Å²) in [5.74, 6) is -6.08. The third-order valence-corrected chi connectivity index (χ3v) is 13.6. The van der Waals surface area contributed by atoms with Gasteiger partial charge in [0.1, 0.15) is 52.1 Å². The van der Waals surface area contributed by atoms with Gasteiger partial charge in [-0.25, -0.2) is 0 Å². The van der Waals surface area contributed by atoms with E-state index in [2.05, 4.69) is 47.1 Å². The van der Waals surface area contributed by atoms with Crippen LogP contribution in [0.1, 0.15) is 70.1 Å². The Bertz CT molecular complexity index is 2460. The van der Waals surface area contributed by atoms with E-state index in [-0.39, 0.29) is 55.6 Å². The van der Waals surface area contributed by atoms with E-state index in [4.69, 9.17) is 29.4 Å². The van der Waals surface area contributed by atoms with Gasteiger partial charge in [0.15, 0.2) is 5.96 Å². The average molecular weight is 1130 g/mol. The fourth-order valence-corrected chi connectivity index (χ4v) is 8.79. The van der Waals surface area contributed by atoms with Gasteiger partial charge in [-0.15, -0.1) is 0 Å². The molecule has 7 amide bonds. The molecule has 0 fully saturated rings. The van der Waals surface area contributed by atoms with Crippen molar-refractivity contribution in [2.75, 3.05) is 44.8 Å². The summed E-state index contributed by atoms with van der Waals surface area (Å²) >= 11 is 7.08. The molecule has 26 heteroatoms. The number of nitrogens with two attached hydrogens (primary N) is 3. The number of guanidine groups is 1. The molecule has 18 N–H and O–H groups in total. The predicted octanol–water partition coefficient (Wildman–Crippen LogP) is -0.916. The Labute approximate surface area is 463 Å². The van der Waals surface area contributed by atoms with Gasteiger partial charge in [-0.2, -0.15) is 0 Å². The highest BCUT2D eigenvalue weighted by atomic mass is 32.2.